The largest absolute Gasteiger partial charge is 0.495 e. The fourth-order valence-electron chi connectivity index (χ4n) is 4.22. The quantitative estimate of drug-likeness (QED) is 0.369. The van der Waals surface area contributed by atoms with Gasteiger partial charge in [0.05, 0.1) is 32.5 Å². The number of methoxy groups -OCH3 is 3. The normalized spacial score (nSPS) is 10.8. The van der Waals surface area contributed by atoms with E-state index in [1.165, 1.54) is 17.2 Å². The van der Waals surface area contributed by atoms with Crippen LogP contribution in [0.15, 0.2) is 71.5 Å². The first-order valence-corrected chi connectivity index (χ1v) is 11.7. The number of hydrogen-bond acceptors (Lipinski definition) is 5. The Morgan fingerprint density at radius 1 is 0.833 bits per heavy atom. The fraction of sp³-hybridized carbons (Fsp3) is 0.241. The number of nitrogens with one attached hydrogen (secondary N) is 1. The molecule has 186 valence electrons. The number of aromatic nitrogens is 1. The average Bonchev–Trinajstić information content (AvgIpc) is 2.89. The zero-order valence-electron chi connectivity index (χ0n) is 21.0. The summed E-state index contributed by atoms with van der Waals surface area (Å²) in [7, 11) is 4.65. The number of carbonyl (C=O) groups is 1. The molecule has 0 atom stereocenters. The van der Waals surface area contributed by atoms with E-state index in [0.717, 1.165) is 10.9 Å². The summed E-state index contributed by atoms with van der Waals surface area (Å²) >= 11 is 0. The first-order chi connectivity index (χ1) is 17.4. The summed E-state index contributed by atoms with van der Waals surface area (Å²) < 4.78 is 17.8. The van der Waals surface area contributed by atoms with Crippen molar-refractivity contribution in [2.45, 2.75) is 26.3 Å². The molecule has 0 unspecified atom stereocenters. The van der Waals surface area contributed by atoms with Gasteiger partial charge in [0, 0.05) is 17.0 Å². The Kier molecular flexibility index (Phi) is 7.59. The predicted octanol–water partition coefficient (Wildman–Crippen LogP) is 4.76. The average molecular weight is 487 g/mol. The van der Waals surface area contributed by atoms with E-state index in [-0.39, 0.29) is 18.0 Å². The van der Waals surface area contributed by atoms with Crippen molar-refractivity contribution < 1.29 is 19.0 Å². The van der Waals surface area contributed by atoms with Crippen LogP contribution in [0.25, 0.3) is 10.9 Å². The van der Waals surface area contributed by atoms with Crippen LogP contribution in [0.2, 0.25) is 0 Å². The lowest BCUT2D eigenvalue weighted by atomic mass is 10.0. The van der Waals surface area contributed by atoms with Crippen LogP contribution in [-0.2, 0) is 24.2 Å². The highest BCUT2D eigenvalue weighted by Gasteiger charge is 2.17. The lowest BCUT2D eigenvalue weighted by Crippen LogP contribution is -2.30. The second kappa shape index (κ2) is 11.0. The van der Waals surface area contributed by atoms with Crippen molar-refractivity contribution >= 4 is 22.5 Å². The number of anilines is 1. The van der Waals surface area contributed by atoms with Crippen molar-refractivity contribution in [3.8, 4) is 17.2 Å². The molecule has 4 aromatic rings. The first-order valence-electron chi connectivity index (χ1n) is 11.7. The summed E-state index contributed by atoms with van der Waals surface area (Å²) in [6, 6.07) is 20.9. The second-order valence-corrected chi connectivity index (χ2v) is 8.56. The second-order valence-electron chi connectivity index (χ2n) is 8.56. The van der Waals surface area contributed by atoms with Crippen molar-refractivity contribution in [2.24, 2.45) is 0 Å². The molecule has 0 saturated carbocycles. The van der Waals surface area contributed by atoms with Gasteiger partial charge in [-0.25, -0.2) is 0 Å². The van der Waals surface area contributed by atoms with Gasteiger partial charge in [-0.3, -0.25) is 14.2 Å². The molecule has 0 aliphatic carbocycles. The highest BCUT2D eigenvalue weighted by molar-refractivity contribution is 5.93. The van der Waals surface area contributed by atoms with Crippen LogP contribution in [0.4, 0.5) is 5.69 Å². The number of hydrogen-bond donors (Lipinski definition) is 1. The third kappa shape index (κ3) is 5.35. The SMILES string of the molecule is COc1ccccc1NC(=O)Cn1c(=O)c(CCc2ccc(C)cc2)cc2cc(OC)c(OC)cc21. The minimum atomic E-state index is -0.339. The summed E-state index contributed by atoms with van der Waals surface area (Å²) in [5, 5.41) is 3.64. The molecule has 0 fully saturated rings. The third-order valence-electron chi connectivity index (χ3n) is 6.16. The van der Waals surface area contributed by atoms with E-state index in [4.69, 9.17) is 14.2 Å². The molecule has 3 aromatic carbocycles. The van der Waals surface area contributed by atoms with Crippen LogP contribution in [0.3, 0.4) is 0 Å². The van der Waals surface area contributed by atoms with Crippen molar-refractivity contribution in [3.05, 3.63) is 93.8 Å². The van der Waals surface area contributed by atoms with Gasteiger partial charge >= 0.3 is 0 Å². The van der Waals surface area contributed by atoms with Crippen molar-refractivity contribution in [1.29, 1.82) is 0 Å². The molecule has 1 aromatic heterocycles. The summed E-state index contributed by atoms with van der Waals surface area (Å²) in [6.07, 6.45) is 1.25. The van der Waals surface area contributed by atoms with E-state index in [1.807, 2.05) is 31.2 Å². The topological polar surface area (TPSA) is 78.8 Å². The maximum absolute atomic E-state index is 13.6. The molecule has 0 aliphatic rings. The van der Waals surface area contributed by atoms with Gasteiger partial charge in [-0.05, 0) is 49.6 Å². The highest BCUT2D eigenvalue weighted by Crippen LogP contribution is 2.32. The number of amides is 1. The number of carbonyl (C=O) groups excluding carboxylic acids is 1. The zero-order valence-corrected chi connectivity index (χ0v) is 21.0. The van der Waals surface area contributed by atoms with Crippen LogP contribution in [0.5, 0.6) is 17.2 Å². The molecule has 7 nitrogen and oxygen atoms in total. The fourth-order valence-corrected chi connectivity index (χ4v) is 4.22. The highest BCUT2D eigenvalue weighted by atomic mass is 16.5. The molecule has 0 bridgehead atoms. The van der Waals surface area contributed by atoms with E-state index < -0.39 is 0 Å². The van der Waals surface area contributed by atoms with E-state index in [2.05, 4.69) is 29.6 Å². The summed E-state index contributed by atoms with van der Waals surface area (Å²) in [4.78, 5) is 26.7. The van der Waals surface area contributed by atoms with Gasteiger partial charge in [0.2, 0.25) is 5.91 Å². The standard InChI is InChI=1S/C29H30N2O5/c1-19-9-11-20(12-10-19)13-14-21-15-22-16-26(35-3)27(36-4)17-24(22)31(29(21)33)18-28(32)30-23-7-5-6-8-25(23)34-2/h5-12,15-17H,13-14,18H2,1-4H3,(H,30,32). The van der Waals surface area contributed by atoms with E-state index in [9.17, 15) is 9.59 Å². The van der Waals surface area contributed by atoms with Crippen LogP contribution < -0.4 is 25.1 Å². The Morgan fingerprint density at radius 2 is 1.50 bits per heavy atom. The number of ether oxygens (including phenoxy) is 3. The number of rotatable bonds is 9. The molecule has 0 aliphatic heterocycles. The number of benzene rings is 3. The van der Waals surface area contributed by atoms with Crippen molar-refractivity contribution in [1.82, 2.24) is 4.57 Å². The minimum Gasteiger partial charge on any atom is -0.495 e. The molecule has 1 amide bonds. The van der Waals surface area contributed by atoms with Crippen LogP contribution >= 0.6 is 0 Å². The molecule has 7 heteroatoms. The number of aryl methyl sites for hydroxylation is 3. The molecule has 0 spiro atoms. The molecule has 36 heavy (non-hydrogen) atoms. The Morgan fingerprint density at radius 3 is 2.19 bits per heavy atom. The third-order valence-corrected chi connectivity index (χ3v) is 6.16. The van der Waals surface area contributed by atoms with Crippen LogP contribution in [0.1, 0.15) is 16.7 Å². The number of nitrogens with zero attached hydrogens (tertiary/aromatic N) is 1. The van der Waals surface area contributed by atoms with Gasteiger partial charge in [-0.1, -0.05) is 42.0 Å². The van der Waals surface area contributed by atoms with Gasteiger partial charge < -0.3 is 19.5 Å². The van der Waals surface area contributed by atoms with Crippen molar-refractivity contribution in [3.63, 3.8) is 0 Å². The molecule has 1 heterocycles. The van der Waals surface area contributed by atoms with Gasteiger partial charge in [0.15, 0.2) is 11.5 Å². The molecule has 0 saturated heterocycles. The molecular weight excluding hydrogens is 456 g/mol. The Bertz CT molecular complexity index is 1440. The van der Waals surface area contributed by atoms with E-state index >= 15 is 0 Å². The van der Waals surface area contributed by atoms with E-state index in [1.54, 1.807) is 32.4 Å². The lowest BCUT2D eigenvalue weighted by Gasteiger charge is -2.16. The molecule has 1 N–H and O–H groups in total. The molecule has 0 radical (unpaired) electrons. The van der Waals surface area contributed by atoms with Crippen LogP contribution in [-0.4, -0.2) is 31.8 Å². The number of pyridine rings is 1. The van der Waals surface area contributed by atoms with Gasteiger partial charge in [-0.15, -0.1) is 0 Å². The summed E-state index contributed by atoms with van der Waals surface area (Å²) in [5.74, 6) is 1.24. The molecular formula is C29H30N2O5. The predicted molar refractivity (Wildman–Crippen MR) is 142 cm³/mol. The Balaban J connectivity index is 1.73. The van der Waals surface area contributed by atoms with Crippen LogP contribution in [0, 0.1) is 6.92 Å². The maximum atomic E-state index is 13.6. The number of fused-ring (bicyclic) bond motifs is 1. The van der Waals surface area contributed by atoms with Gasteiger partial charge in [0.1, 0.15) is 12.3 Å². The monoisotopic (exact) mass is 486 g/mol. The summed E-state index contributed by atoms with van der Waals surface area (Å²) in [6.45, 7) is 1.88. The summed E-state index contributed by atoms with van der Waals surface area (Å²) in [5.41, 5.74) is 3.88. The van der Waals surface area contributed by atoms with Crippen molar-refractivity contribution in [2.75, 3.05) is 26.6 Å². The molecule has 4 rings (SSSR count). The Labute approximate surface area is 210 Å². The lowest BCUT2D eigenvalue weighted by molar-refractivity contribution is -0.116. The smallest absolute Gasteiger partial charge is 0.254 e. The zero-order chi connectivity index (χ0) is 25.7. The van der Waals surface area contributed by atoms with E-state index in [0.29, 0.717) is 46.9 Å². The minimum absolute atomic E-state index is 0.165. The number of para-hydroxylation sites is 2. The van der Waals surface area contributed by atoms with Gasteiger partial charge in [0.25, 0.3) is 5.56 Å². The maximum Gasteiger partial charge on any atom is 0.254 e. The van der Waals surface area contributed by atoms with Gasteiger partial charge in [-0.2, -0.15) is 0 Å². The Hall–Kier alpha value is -4.26. The first kappa shape index (κ1) is 24.9.